The molecule has 9 nitrogen and oxygen atoms in total. The number of ether oxygens (including phenoxy) is 2. The molecule has 0 aliphatic carbocycles. The smallest absolute Gasteiger partial charge is 0.350 e. The van der Waals surface area contributed by atoms with Gasteiger partial charge in [0.25, 0.3) is 0 Å². The summed E-state index contributed by atoms with van der Waals surface area (Å²) in [5.74, 6) is -1.62. The summed E-state index contributed by atoms with van der Waals surface area (Å²) in [5, 5.41) is 0.575. The zero-order valence-electron chi connectivity index (χ0n) is 19.8. The number of carbonyl (C=O) groups is 3. The number of thioether (sulfide) groups is 1. The van der Waals surface area contributed by atoms with Crippen LogP contribution in [0.4, 0.5) is 10.2 Å². The zero-order chi connectivity index (χ0) is 26.4. The number of aromatic nitrogens is 2. The molecule has 3 aromatic rings. The Kier molecular flexibility index (Phi) is 8.34. The molecule has 0 spiro atoms. The third-order valence-electron chi connectivity index (χ3n) is 5.60. The molecule has 1 amide bonds. The summed E-state index contributed by atoms with van der Waals surface area (Å²) in [4.78, 5) is 53.3. The van der Waals surface area contributed by atoms with Gasteiger partial charge in [0, 0.05) is 12.6 Å². The molecule has 0 saturated carbocycles. The number of alkyl halides is 1. The van der Waals surface area contributed by atoms with Gasteiger partial charge in [0.2, 0.25) is 5.91 Å². The number of anilines is 1. The number of hydrogen-bond donors (Lipinski definition) is 1. The predicted molar refractivity (Wildman–Crippen MR) is 135 cm³/mol. The first-order chi connectivity index (χ1) is 17.9. The largest absolute Gasteiger partial charge is 0.461 e. The Morgan fingerprint density at radius 2 is 1.62 bits per heavy atom. The molecule has 11 heteroatoms. The van der Waals surface area contributed by atoms with Crippen LogP contribution >= 0.6 is 11.8 Å². The number of rotatable bonds is 8. The van der Waals surface area contributed by atoms with Crippen molar-refractivity contribution in [1.82, 2.24) is 9.55 Å². The number of benzene rings is 2. The first-order valence-electron chi connectivity index (χ1n) is 11.5. The maximum atomic E-state index is 15.8. The molecule has 0 bridgehead atoms. The van der Waals surface area contributed by atoms with Gasteiger partial charge in [-0.2, -0.15) is 4.98 Å². The average Bonchev–Trinajstić information content (AvgIpc) is 3.22. The third-order valence-corrected chi connectivity index (χ3v) is 7.12. The highest BCUT2D eigenvalue weighted by Crippen LogP contribution is 2.45. The first-order valence-corrected chi connectivity index (χ1v) is 12.5. The fraction of sp³-hybridized carbons (Fsp3) is 0.269. The number of carbonyl (C=O) groups excluding carboxylic acids is 3. The molecule has 2 aromatic carbocycles. The second-order valence-corrected chi connectivity index (χ2v) is 9.47. The Balaban J connectivity index is 1.55. The Hall–Kier alpha value is -3.99. The van der Waals surface area contributed by atoms with Crippen LogP contribution in [0, 0.1) is 0 Å². The highest BCUT2D eigenvalue weighted by Gasteiger charge is 2.49. The van der Waals surface area contributed by atoms with E-state index in [-0.39, 0.29) is 30.3 Å². The topological polar surface area (TPSA) is 117 Å². The number of nitrogens with one attached hydrogen (secondary N) is 1. The van der Waals surface area contributed by atoms with E-state index < -0.39 is 40.5 Å². The molecular weight excluding hydrogens is 501 g/mol. The molecule has 1 saturated heterocycles. The van der Waals surface area contributed by atoms with Gasteiger partial charge in [-0.05, 0) is 30.3 Å². The van der Waals surface area contributed by atoms with Gasteiger partial charge in [-0.15, -0.1) is 11.8 Å². The van der Waals surface area contributed by atoms with Gasteiger partial charge in [0.15, 0.2) is 12.3 Å². The third kappa shape index (κ3) is 6.23. The van der Waals surface area contributed by atoms with Crippen LogP contribution in [0.25, 0.3) is 0 Å². The van der Waals surface area contributed by atoms with Crippen LogP contribution in [0.15, 0.2) is 77.7 Å². The fourth-order valence-corrected chi connectivity index (χ4v) is 5.14. The van der Waals surface area contributed by atoms with Gasteiger partial charge in [-0.1, -0.05) is 43.3 Å². The maximum Gasteiger partial charge on any atom is 0.350 e. The number of esters is 2. The fourth-order valence-electron chi connectivity index (χ4n) is 3.68. The van der Waals surface area contributed by atoms with E-state index in [0.29, 0.717) is 5.56 Å². The second kappa shape index (κ2) is 11.8. The lowest BCUT2D eigenvalue weighted by Gasteiger charge is -2.21. The Morgan fingerprint density at radius 3 is 2.22 bits per heavy atom. The second-order valence-electron chi connectivity index (χ2n) is 8.11. The molecule has 1 aliphatic heterocycles. The van der Waals surface area contributed by atoms with E-state index in [9.17, 15) is 19.2 Å². The van der Waals surface area contributed by atoms with Crippen molar-refractivity contribution in [3.63, 3.8) is 0 Å². The van der Waals surface area contributed by atoms with Crippen molar-refractivity contribution in [1.29, 1.82) is 0 Å². The van der Waals surface area contributed by atoms with Crippen LogP contribution < -0.4 is 11.0 Å². The van der Waals surface area contributed by atoms with E-state index in [4.69, 9.17) is 9.47 Å². The summed E-state index contributed by atoms with van der Waals surface area (Å²) in [5.41, 5.74) is -0.232. The minimum Gasteiger partial charge on any atom is -0.461 e. The summed E-state index contributed by atoms with van der Waals surface area (Å²) in [6.07, 6.45) is -1.60. The summed E-state index contributed by atoms with van der Waals surface area (Å²) >= 11 is 0.999. The van der Waals surface area contributed by atoms with Crippen molar-refractivity contribution >= 4 is 35.4 Å². The van der Waals surface area contributed by atoms with Crippen molar-refractivity contribution in [3.05, 3.63) is 94.5 Å². The standard InChI is InChI=1S/C26H24FN3O6S/c1-2-20(31)28-19-13-14-30(26(34)29-19)23-21(27)22(36-25(33)17-11-7-4-8-12-17)18(37-23)15-35-24(32)16-9-5-3-6-10-16/h3-14,18,21-23H,2,15H2,1H3,(H,28,29,31,34)/t18-,21+,22-,23-/m1/s1. The number of hydrogen-bond acceptors (Lipinski definition) is 8. The molecule has 37 heavy (non-hydrogen) atoms. The minimum absolute atomic E-state index is 0.0481. The van der Waals surface area contributed by atoms with E-state index in [1.807, 2.05) is 0 Å². The lowest BCUT2D eigenvalue weighted by atomic mass is 10.1. The summed E-state index contributed by atoms with van der Waals surface area (Å²) < 4.78 is 27.8. The van der Waals surface area contributed by atoms with Crippen LogP contribution in [0.5, 0.6) is 0 Å². The van der Waals surface area contributed by atoms with Crippen LogP contribution in [0.3, 0.4) is 0 Å². The Labute approximate surface area is 216 Å². The summed E-state index contributed by atoms with van der Waals surface area (Å²) in [6, 6.07) is 17.8. The van der Waals surface area contributed by atoms with Crippen LogP contribution in [-0.2, 0) is 14.3 Å². The average molecular weight is 526 g/mol. The van der Waals surface area contributed by atoms with Crippen molar-refractivity contribution < 1.29 is 28.2 Å². The van der Waals surface area contributed by atoms with E-state index in [2.05, 4.69) is 10.3 Å². The van der Waals surface area contributed by atoms with Crippen molar-refractivity contribution in [2.45, 2.75) is 36.2 Å². The quantitative estimate of drug-likeness (QED) is 0.443. The van der Waals surface area contributed by atoms with E-state index in [1.165, 1.54) is 24.4 Å². The molecule has 1 fully saturated rings. The van der Waals surface area contributed by atoms with E-state index >= 15 is 4.39 Å². The van der Waals surface area contributed by atoms with Crippen LogP contribution in [0.2, 0.25) is 0 Å². The Morgan fingerprint density at radius 1 is 1.00 bits per heavy atom. The Bertz CT molecular complexity index is 1320. The highest BCUT2D eigenvalue weighted by molar-refractivity contribution is 8.00. The molecule has 4 atom stereocenters. The summed E-state index contributed by atoms with van der Waals surface area (Å²) in [7, 11) is 0. The number of amides is 1. The first kappa shape index (κ1) is 26.1. The molecule has 2 heterocycles. The molecule has 192 valence electrons. The lowest BCUT2D eigenvalue weighted by molar-refractivity contribution is -0.115. The monoisotopic (exact) mass is 525 g/mol. The summed E-state index contributed by atoms with van der Waals surface area (Å²) in [6.45, 7) is 1.40. The lowest BCUT2D eigenvalue weighted by Crippen LogP contribution is -2.37. The van der Waals surface area contributed by atoms with Crippen molar-refractivity contribution in [2.24, 2.45) is 0 Å². The molecular formula is C26H24FN3O6S. The predicted octanol–water partition coefficient (Wildman–Crippen LogP) is 3.63. The van der Waals surface area contributed by atoms with E-state index in [0.717, 1.165) is 16.3 Å². The van der Waals surface area contributed by atoms with Gasteiger partial charge in [0.05, 0.1) is 16.4 Å². The molecule has 1 N–H and O–H groups in total. The van der Waals surface area contributed by atoms with Gasteiger partial charge in [-0.3, -0.25) is 9.36 Å². The number of halogens is 1. The van der Waals surface area contributed by atoms with Gasteiger partial charge in [-0.25, -0.2) is 18.8 Å². The van der Waals surface area contributed by atoms with Gasteiger partial charge >= 0.3 is 17.6 Å². The van der Waals surface area contributed by atoms with Gasteiger partial charge < -0.3 is 14.8 Å². The number of nitrogens with zero attached hydrogens (tertiary/aromatic N) is 2. The molecule has 4 rings (SSSR count). The van der Waals surface area contributed by atoms with E-state index in [1.54, 1.807) is 55.5 Å². The highest BCUT2D eigenvalue weighted by atomic mass is 32.2. The maximum absolute atomic E-state index is 15.8. The van der Waals surface area contributed by atoms with Crippen molar-refractivity contribution in [3.8, 4) is 0 Å². The van der Waals surface area contributed by atoms with Crippen LogP contribution in [-0.4, -0.2) is 51.5 Å². The molecule has 1 aromatic heterocycles. The normalized spacial score (nSPS) is 20.7. The molecule has 1 aliphatic rings. The minimum atomic E-state index is -1.81. The van der Waals surface area contributed by atoms with Crippen LogP contribution in [0.1, 0.15) is 39.4 Å². The zero-order valence-corrected chi connectivity index (χ0v) is 20.6. The SMILES string of the molecule is CCC(=O)Nc1ccn([C@@H]2S[C@H](COC(=O)c3ccccc3)[C@@H](OC(=O)c3ccccc3)[C@@H]2F)c(=O)n1. The molecule has 0 unspecified atom stereocenters. The van der Waals surface area contributed by atoms with Crippen molar-refractivity contribution in [2.75, 3.05) is 11.9 Å². The van der Waals surface area contributed by atoms with Gasteiger partial charge in [0.1, 0.15) is 17.8 Å². The molecule has 0 radical (unpaired) electrons.